The highest BCUT2D eigenvalue weighted by Gasteiger charge is 2.25. The minimum atomic E-state index is -1.01. The van der Waals surface area contributed by atoms with Gasteiger partial charge in [-0.25, -0.2) is 4.68 Å². The van der Waals surface area contributed by atoms with Crippen molar-refractivity contribution in [3.8, 4) is 5.69 Å². The lowest BCUT2D eigenvalue weighted by atomic mass is 10.0. The van der Waals surface area contributed by atoms with Crippen molar-refractivity contribution in [1.29, 1.82) is 0 Å². The zero-order chi connectivity index (χ0) is 18.6. The van der Waals surface area contributed by atoms with Gasteiger partial charge in [-0.3, -0.25) is 9.59 Å². The number of aryl methyl sites for hydroxylation is 1. The molecule has 25 heavy (non-hydrogen) atoms. The average molecular weight is 343 g/mol. The molecule has 0 saturated heterocycles. The van der Waals surface area contributed by atoms with Crippen molar-refractivity contribution in [2.45, 2.75) is 40.0 Å². The summed E-state index contributed by atoms with van der Waals surface area (Å²) in [6.07, 6.45) is 2.24. The fourth-order valence-electron chi connectivity index (χ4n) is 2.83. The Morgan fingerprint density at radius 1 is 1.24 bits per heavy atom. The van der Waals surface area contributed by atoms with E-state index in [4.69, 9.17) is 5.11 Å². The lowest BCUT2D eigenvalue weighted by molar-refractivity contribution is -0.137. The molecule has 0 aliphatic carbocycles. The molecule has 0 atom stereocenters. The summed E-state index contributed by atoms with van der Waals surface area (Å²) in [5.41, 5.74) is 3.29. The number of benzene rings is 1. The Labute approximate surface area is 148 Å². The first kappa shape index (κ1) is 18.7. The second kappa shape index (κ2) is 7.96. The van der Waals surface area contributed by atoms with Gasteiger partial charge in [-0.2, -0.15) is 5.10 Å². The Hall–Kier alpha value is -2.63. The molecule has 0 saturated carbocycles. The largest absolute Gasteiger partial charge is 0.480 e. The van der Waals surface area contributed by atoms with Crippen LogP contribution in [-0.4, -0.2) is 44.8 Å². The van der Waals surface area contributed by atoms with Gasteiger partial charge >= 0.3 is 5.97 Å². The van der Waals surface area contributed by atoms with Crippen molar-refractivity contribution < 1.29 is 14.7 Å². The SMILES string of the molecule is CCCN(CC(=O)O)C(=O)c1cnn(-c2ccc(C)cc2)c1C(C)C. The van der Waals surface area contributed by atoms with Crippen LogP contribution in [0.4, 0.5) is 0 Å². The van der Waals surface area contributed by atoms with E-state index in [1.165, 1.54) is 4.90 Å². The van der Waals surface area contributed by atoms with E-state index in [0.29, 0.717) is 18.5 Å². The molecule has 134 valence electrons. The van der Waals surface area contributed by atoms with Crippen LogP contribution in [0.3, 0.4) is 0 Å². The van der Waals surface area contributed by atoms with Gasteiger partial charge in [0.25, 0.3) is 5.91 Å². The molecule has 1 aromatic heterocycles. The molecule has 0 aliphatic rings. The van der Waals surface area contributed by atoms with Crippen molar-refractivity contribution in [2.24, 2.45) is 0 Å². The lowest BCUT2D eigenvalue weighted by Crippen LogP contribution is -2.36. The predicted molar refractivity (Wildman–Crippen MR) is 96.2 cm³/mol. The molecule has 0 unspecified atom stereocenters. The van der Waals surface area contributed by atoms with Crippen LogP contribution in [0.15, 0.2) is 30.5 Å². The lowest BCUT2D eigenvalue weighted by Gasteiger charge is -2.21. The second-order valence-electron chi connectivity index (χ2n) is 6.47. The molecule has 1 N–H and O–H groups in total. The Kier molecular flexibility index (Phi) is 5.96. The Morgan fingerprint density at radius 2 is 1.88 bits per heavy atom. The van der Waals surface area contributed by atoms with E-state index in [0.717, 1.165) is 16.9 Å². The summed E-state index contributed by atoms with van der Waals surface area (Å²) in [5, 5.41) is 13.5. The zero-order valence-electron chi connectivity index (χ0n) is 15.2. The molecule has 6 nitrogen and oxygen atoms in total. The second-order valence-corrected chi connectivity index (χ2v) is 6.47. The van der Waals surface area contributed by atoms with E-state index in [9.17, 15) is 9.59 Å². The van der Waals surface area contributed by atoms with Crippen LogP contribution >= 0.6 is 0 Å². The number of hydrogen-bond donors (Lipinski definition) is 1. The van der Waals surface area contributed by atoms with Gasteiger partial charge in [0.15, 0.2) is 0 Å². The van der Waals surface area contributed by atoms with E-state index in [2.05, 4.69) is 5.10 Å². The van der Waals surface area contributed by atoms with E-state index in [1.54, 1.807) is 10.9 Å². The molecule has 0 radical (unpaired) electrons. The quantitative estimate of drug-likeness (QED) is 0.837. The van der Waals surface area contributed by atoms with E-state index < -0.39 is 5.97 Å². The van der Waals surface area contributed by atoms with E-state index >= 15 is 0 Å². The van der Waals surface area contributed by atoms with Gasteiger partial charge in [0.2, 0.25) is 0 Å². The molecule has 6 heteroatoms. The van der Waals surface area contributed by atoms with Crippen LogP contribution in [0.5, 0.6) is 0 Å². The van der Waals surface area contributed by atoms with Gasteiger partial charge in [-0.1, -0.05) is 38.5 Å². The Bertz CT molecular complexity index is 748. The van der Waals surface area contributed by atoms with Crippen molar-refractivity contribution in [3.05, 3.63) is 47.3 Å². The zero-order valence-corrected chi connectivity index (χ0v) is 15.2. The first-order valence-corrected chi connectivity index (χ1v) is 8.51. The number of amides is 1. The molecule has 1 heterocycles. The number of carbonyl (C=O) groups is 2. The van der Waals surface area contributed by atoms with Crippen LogP contribution in [0.1, 0.15) is 54.7 Å². The number of carboxylic acid groups (broad SMARTS) is 1. The number of carboxylic acids is 1. The predicted octanol–water partition coefficient (Wildman–Crippen LogP) is 3.24. The maximum atomic E-state index is 12.9. The summed E-state index contributed by atoms with van der Waals surface area (Å²) in [6.45, 7) is 8.03. The highest BCUT2D eigenvalue weighted by Crippen LogP contribution is 2.24. The molecule has 0 aliphatic heterocycles. The molecule has 2 aromatic rings. The number of carbonyl (C=O) groups excluding carboxylic acids is 1. The fourth-order valence-corrected chi connectivity index (χ4v) is 2.83. The molecule has 1 aromatic carbocycles. The molecule has 2 rings (SSSR count). The van der Waals surface area contributed by atoms with Gasteiger partial charge in [0.05, 0.1) is 23.1 Å². The summed E-state index contributed by atoms with van der Waals surface area (Å²) in [5.74, 6) is -1.24. The fraction of sp³-hybridized carbons (Fsp3) is 0.421. The van der Waals surface area contributed by atoms with Gasteiger partial charge in [-0.05, 0) is 31.4 Å². The molecular weight excluding hydrogens is 318 g/mol. The number of nitrogens with zero attached hydrogens (tertiary/aromatic N) is 3. The topological polar surface area (TPSA) is 75.4 Å². The third-order valence-corrected chi connectivity index (χ3v) is 3.97. The number of aromatic nitrogens is 2. The summed E-state index contributed by atoms with van der Waals surface area (Å²) in [7, 11) is 0. The standard InChI is InChI=1S/C19H25N3O3/c1-5-10-21(12-17(23)24)19(25)16-11-20-22(18(16)13(2)3)15-8-6-14(4)7-9-15/h6-9,11,13H,5,10,12H2,1-4H3,(H,23,24). The monoisotopic (exact) mass is 343 g/mol. The van der Waals surface area contributed by atoms with Crippen LogP contribution in [0.2, 0.25) is 0 Å². The van der Waals surface area contributed by atoms with Crippen molar-refractivity contribution >= 4 is 11.9 Å². The Morgan fingerprint density at radius 3 is 2.40 bits per heavy atom. The maximum Gasteiger partial charge on any atom is 0.323 e. The molecule has 0 fully saturated rings. The first-order chi connectivity index (χ1) is 11.8. The number of rotatable bonds is 7. The highest BCUT2D eigenvalue weighted by molar-refractivity contribution is 5.97. The van der Waals surface area contributed by atoms with Crippen LogP contribution in [0, 0.1) is 6.92 Å². The van der Waals surface area contributed by atoms with Crippen molar-refractivity contribution in [3.63, 3.8) is 0 Å². The van der Waals surface area contributed by atoms with Crippen molar-refractivity contribution in [2.75, 3.05) is 13.1 Å². The van der Waals surface area contributed by atoms with Crippen LogP contribution < -0.4 is 0 Å². The van der Waals surface area contributed by atoms with Gasteiger partial charge in [-0.15, -0.1) is 0 Å². The first-order valence-electron chi connectivity index (χ1n) is 8.51. The highest BCUT2D eigenvalue weighted by atomic mass is 16.4. The maximum absolute atomic E-state index is 12.9. The third kappa shape index (κ3) is 4.26. The average Bonchev–Trinajstić information content (AvgIpc) is 2.99. The molecule has 0 spiro atoms. The van der Waals surface area contributed by atoms with Crippen LogP contribution in [0.25, 0.3) is 5.69 Å². The van der Waals surface area contributed by atoms with E-state index in [1.807, 2.05) is 52.0 Å². The van der Waals surface area contributed by atoms with E-state index in [-0.39, 0.29) is 18.4 Å². The summed E-state index contributed by atoms with van der Waals surface area (Å²) in [4.78, 5) is 25.4. The normalized spacial score (nSPS) is 10.9. The van der Waals surface area contributed by atoms with Gasteiger partial charge in [0, 0.05) is 6.54 Å². The third-order valence-electron chi connectivity index (χ3n) is 3.97. The Balaban J connectivity index is 2.45. The molecule has 1 amide bonds. The molecular formula is C19H25N3O3. The minimum Gasteiger partial charge on any atom is -0.480 e. The summed E-state index contributed by atoms with van der Waals surface area (Å²) in [6, 6.07) is 7.92. The smallest absolute Gasteiger partial charge is 0.323 e. The van der Waals surface area contributed by atoms with Crippen LogP contribution in [-0.2, 0) is 4.79 Å². The minimum absolute atomic E-state index is 0.0658. The summed E-state index contributed by atoms with van der Waals surface area (Å²) >= 11 is 0. The number of aliphatic carboxylic acids is 1. The number of hydrogen-bond acceptors (Lipinski definition) is 3. The van der Waals surface area contributed by atoms with Crippen molar-refractivity contribution in [1.82, 2.24) is 14.7 Å². The molecule has 0 bridgehead atoms. The summed E-state index contributed by atoms with van der Waals surface area (Å²) < 4.78 is 1.77. The van der Waals surface area contributed by atoms with Gasteiger partial charge in [0.1, 0.15) is 6.54 Å². The van der Waals surface area contributed by atoms with Gasteiger partial charge < -0.3 is 10.0 Å².